The van der Waals surface area contributed by atoms with Crippen LogP contribution in [0.25, 0.3) is 20.2 Å². The molecule has 0 unspecified atom stereocenters. The maximum absolute atomic E-state index is 11.2. The van der Waals surface area contributed by atoms with Gasteiger partial charge in [0.15, 0.2) is 0 Å². The summed E-state index contributed by atoms with van der Waals surface area (Å²) in [5, 5.41) is 2.09. The SMILES string of the molecule is O=c1ccc2cc3ccc(=O)sc3cc2s1. The molecule has 78 valence electrons. The Bertz CT molecular complexity index is 734. The lowest BCUT2D eigenvalue weighted by Gasteiger charge is -1.98. The highest BCUT2D eigenvalue weighted by Crippen LogP contribution is 2.24. The van der Waals surface area contributed by atoms with E-state index < -0.39 is 0 Å². The Kier molecular flexibility index (Phi) is 2.12. The van der Waals surface area contributed by atoms with Crippen LogP contribution in [0.4, 0.5) is 0 Å². The minimum absolute atomic E-state index is 0.0372. The topological polar surface area (TPSA) is 34.1 Å². The molecule has 0 saturated carbocycles. The molecule has 3 aromatic rings. The molecule has 0 fully saturated rings. The van der Waals surface area contributed by atoms with Gasteiger partial charge in [0.2, 0.25) is 9.48 Å². The molecule has 4 heteroatoms. The number of hydrogen-bond donors (Lipinski definition) is 0. The van der Waals surface area contributed by atoms with Gasteiger partial charge in [-0.15, -0.1) is 0 Å². The molecule has 2 aromatic heterocycles. The maximum atomic E-state index is 11.2. The molecule has 0 bridgehead atoms. The summed E-state index contributed by atoms with van der Waals surface area (Å²) in [6.07, 6.45) is 0. The first-order chi connectivity index (χ1) is 7.72. The lowest BCUT2D eigenvalue weighted by molar-refractivity contribution is 1.80. The van der Waals surface area contributed by atoms with Crippen LogP contribution in [0, 0.1) is 0 Å². The summed E-state index contributed by atoms with van der Waals surface area (Å²) in [7, 11) is 0. The van der Waals surface area contributed by atoms with Crippen molar-refractivity contribution in [2.75, 3.05) is 0 Å². The number of benzene rings is 1. The standard InChI is InChI=1S/C12H6O2S2/c13-11-3-1-7-5-8-2-4-12(14)16-10(8)6-9(7)15-11/h1-6H. The van der Waals surface area contributed by atoms with E-state index in [2.05, 4.69) is 0 Å². The van der Waals surface area contributed by atoms with Crippen LogP contribution in [0.5, 0.6) is 0 Å². The van der Waals surface area contributed by atoms with Gasteiger partial charge in [-0.2, -0.15) is 0 Å². The van der Waals surface area contributed by atoms with Gasteiger partial charge in [0.25, 0.3) is 0 Å². The molecule has 0 saturated heterocycles. The molecular formula is C12H6O2S2. The van der Waals surface area contributed by atoms with E-state index in [9.17, 15) is 9.59 Å². The van der Waals surface area contributed by atoms with Crippen LogP contribution in [-0.2, 0) is 0 Å². The predicted octanol–water partition coefficient (Wildman–Crippen LogP) is 2.84. The molecule has 0 aliphatic heterocycles. The van der Waals surface area contributed by atoms with E-state index in [0.29, 0.717) is 0 Å². The van der Waals surface area contributed by atoms with Gasteiger partial charge >= 0.3 is 0 Å². The third-order valence-corrected chi connectivity index (χ3v) is 4.18. The summed E-state index contributed by atoms with van der Waals surface area (Å²) in [4.78, 5) is 22.5. The second-order valence-corrected chi connectivity index (χ2v) is 5.53. The van der Waals surface area contributed by atoms with Crippen molar-refractivity contribution < 1.29 is 0 Å². The fraction of sp³-hybridized carbons (Fsp3) is 0. The second-order valence-electron chi connectivity index (χ2n) is 3.44. The summed E-state index contributed by atoms with van der Waals surface area (Å²) in [6.45, 7) is 0. The normalized spacial score (nSPS) is 11.0. The van der Waals surface area contributed by atoms with Gasteiger partial charge in [-0.1, -0.05) is 22.7 Å². The van der Waals surface area contributed by atoms with Crippen LogP contribution in [-0.4, -0.2) is 0 Å². The van der Waals surface area contributed by atoms with E-state index in [4.69, 9.17) is 0 Å². The first kappa shape index (κ1) is 9.69. The van der Waals surface area contributed by atoms with E-state index in [1.165, 1.54) is 22.7 Å². The lowest BCUT2D eigenvalue weighted by atomic mass is 10.2. The van der Waals surface area contributed by atoms with Crippen LogP contribution in [0.3, 0.4) is 0 Å². The van der Waals surface area contributed by atoms with Crippen LogP contribution >= 0.6 is 22.7 Å². The maximum Gasteiger partial charge on any atom is 0.232 e. The number of fused-ring (bicyclic) bond motifs is 2. The van der Waals surface area contributed by atoms with Crippen LogP contribution in [0.1, 0.15) is 0 Å². The Morgan fingerprint density at radius 3 is 1.69 bits per heavy atom. The van der Waals surface area contributed by atoms with Gasteiger partial charge in [0.1, 0.15) is 0 Å². The van der Waals surface area contributed by atoms with Crippen molar-refractivity contribution in [3.63, 3.8) is 0 Å². The molecule has 2 heterocycles. The zero-order chi connectivity index (χ0) is 11.1. The van der Waals surface area contributed by atoms with Crippen molar-refractivity contribution in [3.8, 4) is 0 Å². The average molecular weight is 246 g/mol. The summed E-state index contributed by atoms with van der Waals surface area (Å²) < 4.78 is 1.94. The number of hydrogen-bond acceptors (Lipinski definition) is 4. The second kappa shape index (κ2) is 3.50. The smallest absolute Gasteiger partial charge is 0.232 e. The molecule has 2 nitrogen and oxygen atoms in total. The van der Waals surface area contributed by atoms with E-state index in [1.54, 1.807) is 12.1 Å². The highest BCUT2D eigenvalue weighted by Gasteiger charge is 2.00. The molecule has 0 radical (unpaired) electrons. The molecule has 0 atom stereocenters. The van der Waals surface area contributed by atoms with Crippen molar-refractivity contribution in [2.24, 2.45) is 0 Å². The van der Waals surface area contributed by atoms with Crippen molar-refractivity contribution >= 4 is 42.8 Å². The van der Waals surface area contributed by atoms with E-state index >= 15 is 0 Å². The molecule has 3 rings (SSSR count). The molecule has 1 aromatic carbocycles. The molecule has 0 amide bonds. The van der Waals surface area contributed by atoms with Crippen LogP contribution in [0.15, 0.2) is 46.0 Å². The third kappa shape index (κ3) is 1.56. The van der Waals surface area contributed by atoms with Gasteiger partial charge in [0, 0.05) is 9.40 Å². The molecule has 0 spiro atoms. The Morgan fingerprint density at radius 1 is 0.688 bits per heavy atom. The van der Waals surface area contributed by atoms with E-state index in [1.807, 2.05) is 24.3 Å². The zero-order valence-corrected chi connectivity index (χ0v) is 9.73. The highest BCUT2D eigenvalue weighted by molar-refractivity contribution is 7.18. The van der Waals surface area contributed by atoms with Crippen molar-refractivity contribution in [2.45, 2.75) is 0 Å². The predicted molar refractivity (Wildman–Crippen MR) is 69.7 cm³/mol. The van der Waals surface area contributed by atoms with Gasteiger partial charge in [-0.3, -0.25) is 9.59 Å². The monoisotopic (exact) mass is 246 g/mol. The van der Waals surface area contributed by atoms with Crippen LogP contribution in [0.2, 0.25) is 0 Å². The van der Waals surface area contributed by atoms with Gasteiger partial charge in [-0.25, -0.2) is 0 Å². The minimum Gasteiger partial charge on any atom is -0.278 e. The molecular weight excluding hydrogens is 240 g/mol. The Hall–Kier alpha value is -1.52. The largest absolute Gasteiger partial charge is 0.278 e. The highest BCUT2D eigenvalue weighted by atomic mass is 32.1. The summed E-state index contributed by atoms with van der Waals surface area (Å²) in [6, 6.07) is 10.7. The Balaban J connectivity index is 2.53. The molecule has 0 aliphatic rings. The third-order valence-electron chi connectivity index (χ3n) is 2.36. The average Bonchev–Trinajstić information content (AvgIpc) is 2.26. The zero-order valence-electron chi connectivity index (χ0n) is 8.10. The van der Waals surface area contributed by atoms with Crippen molar-refractivity contribution in [1.29, 1.82) is 0 Å². The Labute approximate surface area is 98.4 Å². The van der Waals surface area contributed by atoms with Crippen molar-refractivity contribution in [3.05, 3.63) is 55.5 Å². The Morgan fingerprint density at radius 2 is 1.19 bits per heavy atom. The van der Waals surface area contributed by atoms with E-state index in [-0.39, 0.29) is 9.48 Å². The molecule has 0 aliphatic carbocycles. The molecule has 0 N–H and O–H groups in total. The van der Waals surface area contributed by atoms with Gasteiger partial charge in [-0.05, 0) is 47.2 Å². The first-order valence-electron chi connectivity index (χ1n) is 4.70. The molecule has 16 heavy (non-hydrogen) atoms. The first-order valence-corrected chi connectivity index (χ1v) is 6.33. The fourth-order valence-electron chi connectivity index (χ4n) is 1.63. The summed E-state index contributed by atoms with van der Waals surface area (Å²) >= 11 is 2.42. The van der Waals surface area contributed by atoms with Gasteiger partial charge in [0.05, 0.1) is 0 Å². The van der Waals surface area contributed by atoms with Crippen molar-refractivity contribution in [1.82, 2.24) is 0 Å². The summed E-state index contributed by atoms with van der Waals surface area (Å²) in [5.74, 6) is 0. The fourth-order valence-corrected chi connectivity index (χ4v) is 3.26. The van der Waals surface area contributed by atoms with Gasteiger partial charge < -0.3 is 0 Å². The quantitative estimate of drug-likeness (QED) is 0.572. The minimum atomic E-state index is 0.0372. The lowest BCUT2D eigenvalue weighted by Crippen LogP contribution is -1.91. The van der Waals surface area contributed by atoms with Crippen LogP contribution < -0.4 is 9.48 Å². The summed E-state index contributed by atoms with van der Waals surface area (Å²) in [5.41, 5.74) is 0. The number of rotatable bonds is 0. The van der Waals surface area contributed by atoms with E-state index in [0.717, 1.165) is 20.2 Å².